The Hall–Kier alpha value is -1.60. The average molecular weight is 265 g/mol. The molecule has 0 bridgehead atoms. The zero-order valence-corrected chi connectivity index (χ0v) is 12.2. The molecule has 0 amide bonds. The van der Waals surface area contributed by atoms with Crippen molar-refractivity contribution in [2.24, 2.45) is 0 Å². The first kappa shape index (κ1) is 13.4. The molecule has 3 rings (SSSR count). The van der Waals surface area contributed by atoms with E-state index in [-0.39, 0.29) is 0 Å². The van der Waals surface area contributed by atoms with Crippen molar-refractivity contribution in [3.63, 3.8) is 0 Å². The lowest BCUT2D eigenvalue weighted by atomic mass is 9.89. The first-order valence-electron chi connectivity index (χ1n) is 7.71. The summed E-state index contributed by atoms with van der Waals surface area (Å²) in [7, 11) is 2.08. The van der Waals surface area contributed by atoms with Gasteiger partial charge in [-0.15, -0.1) is 0 Å². The van der Waals surface area contributed by atoms with Gasteiger partial charge in [-0.25, -0.2) is 0 Å². The Labute approximate surface area is 121 Å². The predicted octanol–water partition coefficient (Wildman–Crippen LogP) is 4.99. The van der Waals surface area contributed by atoms with Gasteiger partial charge in [-0.2, -0.15) is 0 Å². The predicted molar refractivity (Wildman–Crippen MR) is 86.9 cm³/mol. The van der Waals surface area contributed by atoms with E-state index in [9.17, 15) is 0 Å². The summed E-state index contributed by atoms with van der Waals surface area (Å²) in [6.45, 7) is 0. The van der Waals surface area contributed by atoms with Crippen LogP contribution in [0.2, 0.25) is 0 Å². The molecule has 1 unspecified atom stereocenters. The SMILES string of the molecule is CNC(CC1=CCCCC1)c1cccc2ccccc12. The van der Waals surface area contributed by atoms with Crippen LogP contribution in [0.15, 0.2) is 54.1 Å². The van der Waals surface area contributed by atoms with Crippen molar-refractivity contribution in [1.29, 1.82) is 0 Å². The molecule has 20 heavy (non-hydrogen) atoms. The van der Waals surface area contributed by atoms with Crippen LogP contribution in [0.1, 0.15) is 43.7 Å². The summed E-state index contributed by atoms with van der Waals surface area (Å²) in [6, 6.07) is 15.8. The van der Waals surface area contributed by atoms with Crippen molar-refractivity contribution in [1.82, 2.24) is 5.32 Å². The fraction of sp³-hybridized carbons (Fsp3) is 0.368. The number of hydrogen-bond acceptors (Lipinski definition) is 1. The summed E-state index contributed by atoms with van der Waals surface area (Å²) < 4.78 is 0. The van der Waals surface area contributed by atoms with E-state index >= 15 is 0 Å². The molecule has 1 nitrogen and oxygen atoms in total. The number of benzene rings is 2. The molecular formula is C19H23N. The Bertz CT molecular complexity index is 607. The molecule has 0 spiro atoms. The first-order valence-corrected chi connectivity index (χ1v) is 7.71. The second-order valence-electron chi connectivity index (χ2n) is 5.72. The van der Waals surface area contributed by atoms with Gasteiger partial charge in [-0.3, -0.25) is 0 Å². The van der Waals surface area contributed by atoms with E-state index in [0.29, 0.717) is 6.04 Å². The van der Waals surface area contributed by atoms with Crippen LogP contribution >= 0.6 is 0 Å². The van der Waals surface area contributed by atoms with Gasteiger partial charge in [-0.1, -0.05) is 54.1 Å². The summed E-state index contributed by atoms with van der Waals surface area (Å²) >= 11 is 0. The Morgan fingerprint density at radius 3 is 2.70 bits per heavy atom. The lowest BCUT2D eigenvalue weighted by Gasteiger charge is -2.22. The van der Waals surface area contributed by atoms with Gasteiger partial charge < -0.3 is 5.32 Å². The van der Waals surface area contributed by atoms with E-state index in [1.165, 1.54) is 42.0 Å². The molecule has 0 saturated carbocycles. The first-order chi connectivity index (χ1) is 9.88. The van der Waals surface area contributed by atoms with Gasteiger partial charge in [0.2, 0.25) is 0 Å². The highest BCUT2D eigenvalue weighted by molar-refractivity contribution is 5.86. The number of nitrogens with one attached hydrogen (secondary N) is 1. The topological polar surface area (TPSA) is 12.0 Å². The minimum absolute atomic E-state index is 0.422. The molecule has 1 atom stereocenters. The number of rotatable bonds is 4. The largest absolute Gasteiger partial charge is 0.313 e. The van der Waals surface area contributed by atoms with Crippen LogP contribution in [0.25, 0.3) is 10.8 Å². The van der Waals surface area contributed by atoms with E-state index in [0.717, 1.165) is 6.42 Å². The number of fused-ring (bicyclic) bond motifs is 1. The van der Waals surface area contributed by atoms with Crippen LogP contribution in [-0.4, -0.2) is 7.05 Å². The third kappa shape index (κ3) is 2.78. The van der Waals surface area contributed by atoms with Crippen molar-refractivity contribution < 1.29 is 0 Å². The lowest BCUT2D eigenvalue weighted by Crippen LogP contribution is -2.17. The fourth-order valence-electron chi connectivity index (χ4n) is 3.27. The molecule has 0 saturated heterocycles. The Morgan fingerprint density at radius 2 is 1.90 bits per heavy atom. The number of hydrogen-bond donors (Lipinski definition) is 1. The molecule has 0 heterocycles. The van der Waals surface area contributed by atoms with Crippen molar-refractivity contribution in [3.8, 4) is 0 Å². The maximum Gasteiger partial charge on any atom is 0.0361 e. The van der Waals surface area contributed by atoms with Crippen LogP contribution in [0, 0.1) is 0 Å². The van der Waals surface area contributed by atoms with Gasteiger partial charge in [0.05, 0.1) is 0 Å². The van der Waals surface area contributed by atoms with Gasteiger partial charge in [0.25, 0.3) is 0 Å². The molecule has 2 aromatic carbocycles. The summed E-state index contributed by atoms with van der Waals surface area (Å²) in [5.41, 5.74) is 3.06. The standard InChI is InChI=1S/C19H23N/c1-20-19(14-15-8-3-2-4-9-15)18-13-7-11-16-10-5-6-12-17(16)18/h5-8,10-13,19-20H,2-4,9,14H2,1H3. The molecule has 1 heteroatoms. The average Bonchev–Trinajstić information content (AvgIpc) is 2.53. The summed E-state index contributed by atoms with van der Waals surface area (Å²) in [5.74, 6) is 0. The van der Waals surface area contributed by atoms with Crippen molar-refractivity contribution in [2.75, 3.05) is 7.05 Å². The highest BCUT2D eigenvalue weighted by atomic mass is 14.9. The van der Waals surface area contributed by atoms with E-state index in [1.807, 2.05) is 0 Å². The summed E-state index contributed by atoms with van der Waals surface area (Å²) in [4.78, 5) is 0. The Balaban J connectivity index is 1.92. The van der Waals surface area contributed by atoms with Crippen LogP contribution in [0.5, 0.6) is 0 Å². The summed E-state index contributed by atoms with van der Waals surface area (Å²) in [5, 5.41) is 6.23. The monoisotopic (exact) mass is 265 g/mol. The molecular weight excluding hydrogens is 242 g/mol. The second kappa shape index (κ2) is 6.23. The maximum atomic E-state index is 3.52. The fourth-order valence-corrected chi connectivity index (χ4v) is 3.27. The lowest BCUT2D eigenvalue weighted by molar-refractivity contribution is 0.562. The van der Waals surface area contributed by atoms with E-state index in [1.54, 1.807) is 5.57 Å². The smallest absolute Gasteiger partial charge is 0.0361 e. The van der Waals surface area contributed by atoms with Crippen LogP contribution in [0.3, 0.4) is 0 Å². The van der Waals surface area contributed by atoms with Gasteiger partial charge in [0.15, 0.2) is 0 Å². The van der Waals surface area contributed by atoms with Gasteiger partial charge in [-0.05, 0) is 55.5 Å². The van der Waals surface area contributed by atoms with E-state index < -0.39 is 0 Å². The zero-order valence-electron chi connectivity index (χ0n) is 12.2. The summed E-state index contributed by atoms with van der Waals surface area (Å²) in [6.07, 6.45) is 8.87. The molecule has 0 fully saturated rings. The van der Waals surface area contributed by atoms with Crippen LogP contribution in [0.4, 0.5) is 0 Å². The third-order valence-corrected chi connectivity index (χ3v) is 4.40. The highest BCUT2D eigenvalue weighted by Crippen LogP contribution is 2.31. The third-order valence-electron chi connectivity index (χ3n) is 4.40. The molecule has 1 N–H and O–H groups in total. The molecule has 0 aliphatic heterocycles. The minimum Gasteiger partial charge on any atom is -0.313 e. The van der Waals surface area contributed by atoms with Gasteiger partial charge >= 0.3 is 0 Å². The van der Waals surface area contributed by atoms with Gasteiger partial charge in [0, 0.05) is 6.04 Å². The minimum atomic E-state index is 0.422. The normalized spacial score (nSPS) is 16.9. The molecule has 1 aliphatic rings. The van der Waals surface area contributed by atoms with Crippen LogP contribution in [-0.2, 0) is 0 Å². The van der Waals surface area contributed by atoms with E-state index in [4.69, 9.17) is 0 Å². The Kier molecular flexibility index (Phi) is 4.17. The van der Waals surface area contributed by atoms with Gasteiger partial charge in [0.1, 0.15) is 0 Å². The molecule has 2 aromatic rings. The number of allylic oxidation sites excluding steroid dienone is 1. The second-order valence-corrected chi connectivity index (χ2v) is 5.72. The zero-order chi connectivity index (χ0) is 13.8. The molecule has 0 radical (unpaired) electrons. The maximum absolute atomic E-state index is 3.52. The van der Waals surface area contributed by atoms with E-state index in [2.05, 4.69) is 60.9 Å². The van der Waals surface area contributed by atoms with Crippen molar-refractivity contribution in [3.05, 3.63) is 59.7 Å². The Morgan fingerprint density at radius 1 is 1.05 bits per heavy atom. The van der Waals surface area contributed by atoms with Crippen LogP contribution < -0.4 is 5.32 Å². The van der Waals surface area contributed by atoms with Crippen molar-refractivity contribution >= 4 is 10.8 Å². The molecule has 1 aliphatic carbocycles. The quantitative estimate of drug-likeness (QED) is 0.768. The molecule has 0 aromatic heterocycles. The molecule has 104 valence electrons. The highest BCUT2D eigenvalue weighted by Gasteiger charge is 2.15. The van der Waals surface area contributed by atoms with Crippen molar-refractivity contribution in [2.45, 2.75) is 38.1 Å².